The first-order valence-electron chi connectivity index (χ1n) is 19.5. The number of carbonyl (C=O) groups is 5. The second-order valence-electron chi connectivity index (χ2n) is 17.4. The van der Waals surface area contributed by atoms with Crippen LogP contribution in [-0.2, 0) is 38.1 Å². The van der Waals surface area contributed by atoms with Gasteiger partial charge in [0.15, 0.2) is 17.5 Å². The third-order valence-electron chi connectivity index (χ3n) is 12.9. The van der Waals surface area contributed by atoms with Gasteiger partial charge in [-0.2, -0.15) is 0 Å². The zero-order valence-corrected chi connectivity index (χ0v) is 34.0. The van der Waals surface area contributed by atoms with Crippen LogP contribution in [0.1, 0.15) is 83.3 Å². The molecule has 2 aromatic rings. The highest BCUT2D eigenvalue weighted by atomic mass is 16.6. The fourth-order valence-electron chi connectivity index (χ4n) is 9.56. The topological polar surface area (TPSA) is 245 Å². The van der Waals surface area contributed by atoms with Crippen molar-refractivity contribution in [1.82, 2.24) is 5.32 Å². The van der Waals surface area contributed by atoms with Crippen molar-refractivity contribution in [3.63, 3.8) is 0 Å². The number of hydrogen-bond acceptors (Lipinski definition) is 15. The van der Waals surface area contributed by atoms with Crippen LogP contribution in [0.3, 0.4) is 0 Å². The van der Waals surface area contributed by atoms with Crippen LogP contribution in [0.2, 0.25) is 0 Å². The van der Waals surface area contributed by atoms with Crippen molar-refractivity contribution in [2.45, 2.75) is 121 Å². The monoisotopic (exact) mass is 823 g/mol. The van der Waals surface area contributed by atoms with Crippen LogP contribution in [0.25, 0.3) is 0 Å². The Labute approximate surface area is 341 Å². The van der Waals surface area contributed by atoms with E-state index in [9.17, 15) is 49.5 Å². The molecule has 0 spiro atoms. The normalized spacial score (nSPS) is 33.3. The van der Waals surface area contributed by atoms with Crippen LogP contribution in [0.15, 0.2) is 71.8 Å². The van der Waals surface area contributed by atoms with Gasteiger partial charge in [-0.25, -0.2) is 14.4 Å². The molecule has 0 aromatic heterocycles. The predicted molar refractivity (Wildman–Crippen MR) is 205 cm³/mol. The number of aliphatic hydroxyl groups excluding tert-OH is 4. The maximum absolute atomic E-state index is 15.0. The zero-order chi connectivity index (χ0) is 43.5. The molecule has 2 saturated carbocycles. The minimum Gasteiger partial charge on any atom is -0.456 e. The lowest BCUT2D eigenvalue weighted by atomic mass is 9.44. The number of rotatable bonds is 10. The molecule has 2 bridgehead atoms. The van der Waals surface area contributed by atoms with Gasteiger partial charge in [-0.15, -0.1) is 0 Å². The summed E-state index contributed by atoms with van der Waals surface area (Å²) < 4.78 is 29.4. The quantitative estimate of drug-likeness (QED) is 0.114. The standard InChI is InChI=1S/C43H53NO15/c1-22-26(56-37(52)32(49)30(24-14-10-8-11-15-24)44-38(53)59-39(3,4)20-45)19-43(54)35(57-36(51)25-16-12-9-13-17-25)33-41(7,34(50)31(48)29(22)40(43,5)6)27(47)18-28-42(33,21-55-28)58-23(2)46/h8-17,26-28,30-33,35,45,47-49,54H,18-21H2,1-7H3,(H,44,53)/t26-,27-,28+,30-,31+,32+,33?,35?,41+,42-,43+/m0/s1. The Balaban J connectivity index is 1.48. The van der Waals surface area contributed by atoms with Gasteiger partial charge in [-0.05, 0) is 56.5 Å². The van der Waals surface area contributed by atoms with E-state index >= 15 is 0 Å². The summed E-state index contributed by atoms with van der Waals surface area (Å²) in [5, 5.41) is 61.1. The Morgan fingerprint density at radius 1 is 0.983 bits per heavy atom. The summed E-state index contributed by atoms with van der Waals surface area (Å²) in [7, 11) is 0. The first kappa shape index (κ1) is 43.9. The van der Waals surface area contributed by atoms with Crippen molar-refractivity contribution >= 4 is 29.8 Å². The Bertz CT molecular complexity index is 2000. The smallest absolute Gasteiger partial charge is 0.408 e. The maximum atomic E-state index is 15.0. The summed E-state index contributed by atoms with van der Waals surface area (Å²) in [6.07, 6.45) is -11.8. The van der Waals surface area contributed by atoms with E-state index in [0.29, 0.717) is 0 Å². The van der Waals surface area contributed by atoms with Gasteiger partial charge < -0.3 is 54.5 Å². The molecule has 1 amide bonds. The van der Waals surface area contributed by atoms with Crippen LogP contribution in [0.5, 0.6) is 0 Å². The number of amides is 1. The fraction of sp³-hybridized carbons (Fsp3) is 0.558. The van der Waals surface area contributed by atoms with Crippen molar-refractivity contribution in [3.8, 4) is 0 Å². The number of fused-ring (bicyclic) bond motifs is 5. The van der Waals surface area contributed by atoms with Gasteiger partial charge in [0.25, 0.3) is 0 Å². The Morgan fingerprint density at radius 2 is 1.59 bits per heavy atom. The molecule has 3 fully saturated rings. The summed E-state index contributed by atoms with van der Waals surface area (Å²) in [5.41, 5.74) is -8.74. The van der Waals surface area contributed by atoms with E-state index in [2.05, 4.69) is 5.32 Å². The number of alkyl carbamates (subject to hydrolysis) is 1. The van der Waals surface area contributed by atoms with Gasteiger partial charge in [-0.1, -0.05) is 62.4 Å². The van der Waals surface area contributed by atoms with Crippen molar-refractivity contribution in [2.75, 3.05) is 13.2 Å². The molecule has 1 aliphatic heterocycles. The van der Waals surface area contributed by atoms with Crippen LogP contribution in [0, 0.1) is 16.7 Å². The number of ketones is 1. The van der Waals surface area contributed by atoms with Gasteiger partial charge in [0.2, 0.25) is 0 Å². The van der Waals surface area contributed by atoms with Crippen LogP contribution in [0.4, 0.5) is 4.79 Å². The summed E-state index contributed by atoms with van der Waals surface area (Å²) in [5.74, 6) is -5.47. The third-order valence-corrected chi connectivity index (χ3v) is 12.9. The molecule has 2 aromatic carbocycles. The second-order valence-corrected chi connectivity index (χ2v) is 17.4. The first-order valence-corrected chi connectivity index (χ1v) is 19.5. The molecular formula is C43H53NO15. The van der Waals surface area contributed by atoms with Crippen molar-refractivity contribution in [1.29, 1.82) is 0 Å². The zero-order valence-electron chi connectivity index (χ0n) is 34.0. The second kappa shape index (κ2) is 15.7. The Morgan fingerprint density at radius 3 is 2.15 bits per heavy atom. The summed E-state index contributed by atoms with van der Waals surface area (Å²) in [6.45, 7) is 9.14. The van der Waals surface area contributed by atoms with Crippen molar-refractivity contribution in [3.05, 3.63) is 82.9 Å². The molecule has 16 heteroatoms. The third kappa shape index (κ3) is 7.33. The van der Waals surface area contributed by atoms with Gasteiger partial charge >= 0.3 is 24.0 Å². The number of esters is 3. The highest BCUT2D eigenvalue weighted by Crippen LogP contribution is 2.64. The Hall–Kier alpha value is -4.71. The molecule has 2 unspecified atom stereocenters. The lowest BCUT2D eigenvalue weighted by Crippen LogP contribution is -2.81. The molecule has 3 aliphatic carbocycles. The van der Waals surface area contributed by atoms with E-state index in [0.717, 1.165) is 6.92 Å². The van der Waals surface area contributed by atoms with Gasteiger partial charge in [0.1, 0.15) is 35.6 Å². The predicted octanol–water partition coefficient (Wildman–Crippen LogP) is 2.23. The maximum Gasteiger partial charge on any atom is 0.408 e. The number of benzene rings is 2. The Kier molecular flexibility index (Phi) is 11.7. The van der Waals surface area contributed by atoms with Crippen LogP contribution < -0.4 is 5.32 Å². The molecule has 4 aliphatic rings. The molecule has 320 valence electrons. The molecule has 11 atom stereocenters. The van der Waals surface area contributed by atoms with Gasteiger partial charge in [-0.3, -0.25) is 9.59 Å². The van der Waals surface area contributed by atoms with Crippen LogP contribution >= 0.6 is 0 Å². The highest BCUT2D eigenvalue weighted by molar-refractivity contribution is 5.94. The number of hydrogen-bond donors (Lipinski definition) is 6. The minimum atomic E-state index is -2.38. The molecule has 59 heavy (non-hydrogen) atoms. The largest absolute Gasteiger partial charge is 0.456 e. The van der Waals surface area contributed by atoms with Crippen molar-refractivity contribution in [2.24, 2.45) is 16.7 Å². The number of Topliss-reactive ketones (excluding diaryl/α,β-unsaturated/α-hetero) is 1. The number of aliphatic hydroxyl groups is 5. The number of nitrogens with one attached hydrogen (secondary N) is 1. The molecule has 1 heterocycles. The molecule has 6 rings (SSSR count). The highest BCUT2D eigenvalue weighted by Gasteiger charge is 2.78. The molecule has 6 N–H and O–H groups in total. The minimum absolute atomic E-state index is 0.0672. The molecular weight excluding hydrogens is 770 g/mol. The molecule has 0 radical (unpaired) electrons. The SMILES string of the molecule is CC(=O)O[C@@]12CO[C@@H]1C[C@H](O)[C@@]1(C)C(=O)[C@H](O)C3=C(C)[C@@H](OC(=O)[C@H](O)[C@@H](NC(=O)OC(C)(C)CO)c4ccccc4)C[C@@](O)(C(OC(=O)c4ccccc4)C12)C3(C)C. The van der Waals surface area contributed by atoms with E-state index in [4.69, 9.17) is 23.7 Å². The number of carbonyl (C=O) groups excluding carboxylic acids is 5. The van der Waals surface area contributed by atoms with E-state index in [1.165, 1.54) is 65.8 Å². The van der Waals surface area contributed by atoms with E-state index in [-0.39, 0.29) is 35.3 Å². The average molecular weight is 824 g/mol. The first-order chi connectivity index (χ1) is 27.6. The number of ether oxygens (including phenoxy) is 5. The molecule has 16 nitrogen and oxygen atoms in total. The average Bonchev–Trinajstić information content (AvgIpc) is 3.18. The summed E-state index contributed by atoms with van der Waals surface area (Å²) in [6, 6.07) is 14.3. The van der Waals surface area contributed by atoms with E-state index in [1.807, 2.05) is 0 Å². The fourth-order valence-corrected chi connectivity index (χ4v) is 9.56. The molecule has 1 saturated heterocycles. The van der Waals surface area contributed by atoms with E-state index < -0.39 is 119 Å². The summed E-state index contributed by atoms with van der Waals surface area (Å²) in [4.78, 5) is 69.0. The lowest BCUT2D eigenvalue weighted by molar-refractivity contribution is -0.346. The summed E-state index contributed by atoms with van der Waals surface area (Å²) >= 11 is 0. The van der Waals surface area contributed by atoms with Gasteiger partial charge in [0.05, 0.1) is 42.3 Å². The lowest BCUT2D eigenvalue weighted by Gasteiger charge is -2.67. The van der Waals surface area contributed by atoms with E-state index in [1.54, 1.807) is 36.4 Å². The van der Waals surface area contributed by atoms with Gasteiger partial charge in [0, 0.05) is 25.2 Å². The van der Waals surface area contributed by atoms with Crippen LogP contribution in [-0.4, -0.2) is 122 Å². The van der Waals surface area contributed by atoms with Crippen molar-refractivity contribution < 1.29 is 73.2 Å².